The smallest absolute Gasteiger partial charge is 0.222 e. The Hall–Kier alpha value is -1.10. The van der Waals surface area contributed by atoms with Gasteiger partial charge < -0.3 is 15.0 Å². The Labute approximate surface area is 127 Å². The fraction of sp³-hybridized carbons (Fsp3) is 0.875. The molecule has 0 saturated carbocycles. The van der Waals surface area contributed by atoms with E-state index in [0.29, 0.717) is 19.4 Å². The van der Waals surface area contributed by atoms with Crippen molar-refractivity contribution in [2.24, 2.45) is 0 Å². The van der Waals surface area contributed by atoms with Crippen LogP contribution in [0, 0.1) is 0 Å². The molecular weight excluding hydrogens is 268 g/mol. The summed E-state index contributed by atoms with van der Waals surface area (Å²) >= 11 is 0. The number of nitrogens with zero attached hydrogens (tertiary/aromatic N) is 1. The fourth-order valence-electron chi connectivity index (χ4n) is 3.30. The van der Waals surface area contributed by atoms with Gasteiger partial charge in [-0.25, -0.2) is 0 Å². The molecule has 2 atom stereocenters. The first-order valence-electron chi connectivity index (χ1n) is 8.21. The van der Waals surface area contributed by atoms with E-state index in [9.17, 15) is 9.59 Å². The summed E-state index contributed by atoms with van der Waals surface area (Å²) in [5, 5.41) is 3.06. The van der Waals surface area contributed by atoms with Crippen molar-refractivity contribution in [3.8, 4) is 0 Å². The summed E-state index contributed by atoms with van der Waals surface area (Å²) in [5.41, 5.74) is -0.158. The number of amides is 2. The third-order valence-electron chi connectivity index (χ3n) is 4.91. The first kappa shape index (κ1) is 16.3. The molecule has 0 radical (unpaired) electrons. The van der Waals surface area contributed by atoms with Crippen LogP contribution in [0.3, 0.4) is 0 Å². The van der Waals surface area contributed by atoms with Gasteiger partial charge in [0.2, 0.25) is 11.8 Å². The van der Waals surface area contributed by atoms with Crippen molar-refractivity contribution in [1.82, 2.24) is 10.2 Å². The molecule has 2 amide bonds. The number of hydrogen-bond acceptors (Lipinski definition) is 3. The van der Waals surface area contributed by atoms with Crippen LogP contribution in [0.2, 0.25) is 0 Å². The molecule has 5 heteroatoms. The number of nitrogens with one attached hydrogen (secondary N) is 1. The van der Waals surface area contributed by atoms with Crippen molar-refractivity contribution in [2.45, 2.75) is 69.9 Å². The molecule has 2 unspecified atom stereocenters. The van der Waals surface area contributed by atoms with Crippen molar-refractivity contribution in [3.63, 3.8) is 0 Å². The van der Waals surface area contributed by atoms with Crippen molar-refractivity contribution in [3.05, 3.63) is 0 Å². The van der Waals surface area contributed by atoms with E-state index in [2.05, 4.69) is 12.2 Å². The Morgan fingerprint density at radius 3 is 2.86 bits per heavy atom. The molecule has 2 fully saturated rings. The van der Waals surface area contributed by atoms with Gasteiger partial charge in [-0.05, 0) is 38.5 Å². The Morgan fingerprint density at radius 2 is 2.29 bits per heavy atom. The summed E-state index contributed by atoms with van der Waals surface area (Å²) in [7, 11) is 1.85. The van der Waals surface area contributed by atoms with Crippen molar-refractivity contribution in [2.75, 3.05) is 20.2 Å². The first-order chi connectivity index (χ1) is 10.0. The largest absolute Gasteiger partial charge is 0.376 e. The zero-order valence-corrected chi connectivity index (χ0v) is 13.3. The molecule has 120 valence electrons. The maximum absolute atomic E-state index is 12.3. The van der Waals surface area contributed by atoms with Crippen LogP contribution in [0.5, 0.6) is 0 Å². The maximum Gasteiger partial charge on any atom is 0.222 e. The zero-order valence-electron chi connectivity index (χ0n) is 13.3. The van der Waals surface area contributed by atoms with Gasteiger partial charge in [0.15, 0.2) is 0 Å². The number of ether oxygens (including phenoxy) is 1. The third-order valence-corrected chi connectivity index (χ3v) is 4.91. The van der Waals surface area contributed by atoms with Gasteiger partial charge in [0.1, 0.15) is 0 Å². The van der Waals surface area contributed by atoms with Crippen LogP contribution in [-0.2, 0) is 14.3 Å². The molecule has 0 aromatic rings. The van der Waals surface area contributed by atoms with Crippen molar-refractivity contribution >= 4 is 11.8 Å². The van der Waals surface area contributed by atoms with E-state index < -0.39 is 0 Å². The van der Waals surface area contributed by atoms with E-state index in [4.69, 9.17) is 4.74 Å². The highest BCUT2D eigenvalue weighted by Gasteiger charge is 2.36. The SMILES string of the molecule is CCC1(CCC(=O)N(C)CC2CCCCO2)CCC(=O)N1. The number of rotatable bonds is 6. The third kappa shape index (κ3) is 4.43. The molecule has 0 aromatic heterocycles. The number of carbonyl (C=O) groups is 2. The number of likely N-dealkylation sites (N-methyl/N-ethyl adjacent to an activating group) is 1. The molecule has 0 spiro atoms. The molecule has 2 aliphatic rings. The molecule has 2 saturated heterocycles. The summed E-state index contributed by atoms with van der Waals surface area (Å²) in [6.07, 6.45) is 7.14. The lowest BCUT2D eigenvalue weighted by atomic mass is 9.88. The van der Waals surface area contributed by atoms with Gasteiger partial charge in [-0.3, -0.25) is 9.59 Å². The fourth-order valence-corrected chi connectivity index (χ4v) is 3.30. The lowest BCUT2D eigenvalue weighted by molar-refractivity contribution is -0.133. The highest BCUT2D eigenvalue weighted by molar-refractivity contribution is 5.80. The molecule has 5 nitrogen and oxygen atoms in total. The Balaban J connectivity index is 1.76. The van der Waals surface area contributed by atoms with Gasteiger partial charge in [0, 0.05) is 38.6 Å². The Morgan fingerprint density at radius 1 is 1.48 bits per heavy atom. The average Bonchev–Trinajstić information content (AvgIpc) is 2.88. The highest BCUT2D eigenvalue weighted by Crippen LogP contribution is 2.28. The maximum atomic E-state index is 12.3. The molecule has 2 rings (SSSR count). The standard InChI is InChI=1S/C16H28N2O3/c1-3-16(9-7-14(19)17-16)10-8-15(20)18(2)12-13-6-4-5-11-21-13/h13H,3-12H2,1-2H3,(H,17,19). The molecular formula is C16H28N2O3. The summed E-state index contributed by atoms with van der Waals surface area (Å²) in [6.45, 7) is 3.58. The van der Waals surface area contributed by atoms with Gasteiger partial charge in [-0.15, -0.1) is 0 Å². The van der Waals surface area contributed by atoms with Crippen LogP contribution >= 0.6 is 0 Å². The van der Waals surface area contributed by atoms with E-state index in [0.717, 1.165) is 38.7 Å². The van der Waals surface area contributed by atoms with E-state index in [-0.39, 0.29) is 23.5 Å². The topological polar surface area (TPSA) is 58.6 Å². The monoisotopic (exact) mass is 296 g/mol. The molecule has 1 N–H and O–H groups in total. The summed E-state index contributed by atoms with van der Waals surface area (Å²) in [5.74, 6) is 0.270. The molecule has 2 aliphatic heterocycles. The second-order valence-corrected chi connectivity index (χ2v) is 6.44. The second kappa shape index (κ2) is 7.25. The lowest BCUT2D eigenvalue weighted by Gasteiger charge is -2.30. The van der Waals surface area contributed by atoms with Crippen LogP contribution in [-0.4, -0.2) is 48.6 Å². The Bertz CT molecular complexity index is 380. The summed E-state index contributed by atoms with van der Waals surface area (Å²) < 4.78 is 5.68. The number of carbonyl (C=O) groups excluding carboxylic acids is 2. The minimum atomic E-state index is -0.158. The van der Waals surface area contributed by atoms with Gasteiger partial charge in [-0.2, -0.15) is 0 Å². The van der Waals surface area contributed by atoms with E-state index in [1.54, 1.807) is 4.90 Å². The second-order valence-electron chi connectivity index (χ2n) is 6.44. The van der Waals surface area contributed by atoms with Crippen LogP contribution < -0.4 is 5.32 Å². The molecule has 0 aromatic carbocycles. The normalized spacial score (nSPS) is 29.2. The van der Waals surface area contributed by atoms with E-state index in [1.165, 1.54) is 6.42 Å². The van der Waals surface area contributed by atoms with Crippen LogP contribution in [0.4, 0.5) is 0 Å². The molecule has 0 bridgehead atoms. The summed E-state index contributed by atoms with van der Waals surface area (Å²) in [4.78, 5) is 25.5. The number of hydrogen-bond donors (Lipinski definition) is 1. The Kier molecular flexibility index (Phi) is 5.62. The lowest BCUT2D eigenvalue weighted by Crippen LogP contribution is -2.43. The van der Waals surface area contributed by atoms with Gasteiger partial charge in [0.05, 0.1) is 6.10 Å². The molecule has 0 aliphatic carbocycles. The predicted molar refractivity (Wildman–Crippen MR) is 80.9 cm³/mol. The van der Waals surface area contributed by atoms with Crippen molar-refractivity contribution < 1.29 is 14.3 Å². The van der Waals surface area contributed by atoms with Crippen LogP contribution in [0.15, 0.2) is 0 Å². The van der Waals surface area contributed by atoms with E-state index in [1.807, 2.05) is 7.05 Å². The van der Waals surface area contributed by atoms with Gasteiger partial charge in [0.25, 0.3) is 0 Å². The molecule has 21 heavy (non-hydrogen) atoms. The summed E-state index contributed by atoms with van der Waals surface area (Å²) in [6, 6.07) is 0. The van der Waals surface area contributed by atoms with Crippen LogP contribution in [0.25, 0.3) is 0 Å². The van der Waals surface area contributed by atoms with Crippen LogP contribution in [0.1, 0.15) is 58.3 Å². The average molecular weight is 296 g/mol. The van der Waals surface area contributed by atoms with Gasteiger partial charge in [-0.1, -0.05) is 6.92 Å². The quantitative estimate of drug-likeness (QED) is 0.814. The minimum Gasteiger partial charge on any atom is -0.376 e. The van der Waals surface area contributed by atoms with Crippen molar-refractivity contribution in [1.29, 1.82) is 0 Å². The molecule has 2 heterocycles. The minimum absolute atomic E-state index is 0.119. The van der Waals surface area contributed by atoms with Gasteiger partial charge >= 0.3 is 0 Å². The highest BCUT2D eigenvalue weighted by atomic mass is 16.5. The zero-order chi connectivity index (χ0) is 15.3. The van der Waals surface area contributed by atoms with E-state index >= 15 is 0 Å². The first-order valence-corrected chi connectivity index (χ1v) is 8.21. The predicted octanol–water partition coefficient (Wildman–Crippen LogP) is 1.85.